The Balaban J connectivity index is 1.16. The maximum Gasteiger partial charge on any atom is 0.160 e. The average molecular weight is 678 g/mol. The topological polar surface area (TPSA) is 56.0 Å². The second-order valence-corrected chi connectivity index (χ2v) is 13.2. The van der Waals surface area contributed by atoms with E-state index in [1.807, 2.05) is 42.5 Å². The highest BCUT2D eigenvalue weighted by Crippen LogP contribution is 2.36. The first-order valence-corrected chi connectivity index (χ1v) is 17.7. The lowest BCUT2D eigenvalue weighted by Gasteiger charge is -2.13. The summed E-state index contributed by atoms with van der Waals surface area (Å²) < 4.78 is 2.13. The summed E-state index contributed by atoms with van der Waals surface area (Å²) in [4.78, 5) is 20.8. The van der Waals surface area contributed by atoms with Gasteiger partial charge in [0, 0.05) is 33.8 Å². The molecule has 5 nitrogen and oxygen atoms in total. The SMILES string of the molecule is c1ccc(-c2cccc(-c3cc(-c4cccc(-c5ccccc5)c4)nc(-c4cccc(-c5nc6ccccc6c6nc7ccccn7c56)c4)n3)c2)cc1. The Kier molecular flexibility index (Phi) is 7.40. The molecule has 0 aliphatic heterocycles. The van der Waals surface area contributed by atoms with Crippen molar-refractivity contribution in [2.75, 3.05) is 0 Å². The third-order valence-corrected chi connectivity index (χ3v) is 9.80. The Morgan fingerprint density at radius 1 is 0.358 bits per heavy atom. The van der Waals surface area contributed by atoms with Crippen molar-refractivity contribution in [2.45, 2.75) is 0 Å². The number of nitrogens with zero attached hydrogens (tertiary/aromatic N) is 5. The molecule has 53 heavy (non-hydrogen) atoms. The number of benzene rings is 6. The zero-order valence-corrected chi connectivity index (χ0v) is 28.6. The number of rotatable bonds is 6. The van der Waals surface area contributed by atoms with Crippen LogP contribution in [0.15, 0.2) is 188 Å². The lowest BCUT2D eigenvalue weighted by molar-refractivity contribution is 1.18. The Hall–Kier alpha value is -7.24. The Morgan fingerprint density at radius 3 is 1.57 bits per heavy atom. The van der Waals surface area contributed by atoms with E-state index in [1.54, 1.807) is 0 Å². The van der Waals surface area contributed by atoms with Crippen molar-refractivity contribution in [1.82, 2.24) is 24.3 Å². The van der Waals surface area contributed by atoms with Crippen molar-refractivity contribution in [1.29, 1.82) is 0 Å². The fraction of sp³-hybridized carbons (Fsp3) is 0. The summed E-state index contributed by atoms with van der Waals surface area (Å²) in [6, 6.07) is 62.9. The smallest absolute Gasteiger partial charge is 0.160 e. The molecule has 0 amide bonds. The van der Waals surface area contributed by atoms with Crippen molar-refractivity contribution in [3.8, 4) is 67.4 Å². The van der Waals surface area contributed by atoms with Crippen LogP contribution >= 0.6 is 0 Å². The summed E-state index contributed by atoms with van der Waals surface area (Å²) in [5.74, 6) is 0.643. The molecule has 0 aliphatic rings. The summed E-state index contributed by atoms with van der Waals surface area (Å²) in [5.41, 5.74) is 14.8. The minimum atomic E-state index is 0.643. The second-order valence-electron chi connectivity index (χ2n) is 13.2. The highest BCUT2D eigenvalue weighted by Gasteiger charge is 2.18. The van der Waals surface area contributed by atoms with Gasteiger partial charge in [-0.15, -0.1) is 0 Å². The molecule has 0 unspecified atom stereocenters. The van der Waals surface area contributed by atoms with Gasteiger partial charge in [-0.3, -0.25) is 4.40 Å². The maximum absolute atomic E-state index is 5.25. The molecule has 10 rings (SSSR count). The first-order valence-electron chi connectivity index (χ1n) is 17.7. The van der Waals surface area contributed by atoms with Gasteiger partial charge in [0.05, 0.1) is 28.1 Å². The number of imidazole rings is 1. The third-order valence-electron chi connectivity index (χ3n) is 9.80. The highest BCUT2D eigenvalue weighted by molar-refractivity contribution is 6.09. The molecule has 0 saturated carbocycles. The summed E-state index contributed by atoms with van der Waals surface area (Å²) in [6.45, 7) is 0. The molecular formula is C48H31N5. The summed E-state index contributed by atoms with van der Waals surface area (Å²) in [7, 11) is 0. The van der Waals surface area contributed by atoms with Gasteiger partial charge in [0.25, 0.3) is 0 Å². The molecule has 0 spiro atoms. The molecule has 6 aromatic carbocycles. The molecule has 10 aromatic rings. The monoisotopic (exact) mass is 677 g/mol. The van der Waals surface area contributed by atoms with Crippen LogP contribution in [0.25, 0.3) is 95.0 Å². The molecule has 0 atom stereocenters. The van der Waals surface area contributed by atoms with Crippen LogP contribution in [-0.4, -0.2) is 24.3 Å². The highest BCUT2D eigenvalue weighted by atomic mass is 15.0. The zero-order chi connectivity index (χ0) is 35.1. The van der Waals surface area contributed by atoms with E-state index in [0.717, 1.165) is 89.2 Å². The van der Waals surface area contributed by atoms with Crippen molar-refractivity contribution in [3.05, 3.63) is 188 Å². The molecule has 0 N–H and O–H groups in total. The van der Waals surface area contributed by atoms with Crippen molar-refractivity contribution in [2.24, 2.45) is 0 Å². The average Bonchev–Trinajstić information content (AvgIpc) is 3.64. The van der Waals surface area contributed by atoms with Gasteiger partial charge in [0.15, 0.2) is 5.82 Å². The van der Waals surface area contributed by atoms with Gasteiger partial charge in [-0.05, 0) is 64.7 Å². The third kappa shape index (κ3) is 5.61. The second kappa shape index (κ2) is 12.8. The molecule has 0 fully saturated rings. The van der Waals surface area contributed by atoms with E-state index in [4.69, 9.17) is 19.9 Å². The van der Waals surface area contributed by atoms with Crippen LogP contribution in [0.4, 0.5) is 0 Å². The fourth-order valence-corrected chi connectivity index (χ4v) is 7.21. The van der Waals surface area contributed by atoms with E-state index >= 15 is 0 Å². The first kappa shape index (κ1) is 30.6. The predicted molar refractivity (Wildman–Crippen MR) is 216 cm³/mol. The first-order chi connectivity index (χ1) is 26.2. The fourth-order valence-electron chi connectivity index (χ4n) is 7.21. The molecular weight excluding hydrogens is 647 g/mol. The molecule has 248 valence electrons. The van der Waals surface area contributed by atoms with Gasteiger partial charge in [-0.2, -0.15) is 0 Å². The molecule has 5 heteroatoms. The standard InChI is InChI=1S/C48H31N5/c1-3-14-32(15-4-1)34-18-11-20-36(28-34)42-31-43(37-21-12-19-35(29-37)33-16-5-2-6-17-33)51-48(50-42)39-23-13-22-38(30-39)45-47-46(40-24-7-8-25-41(40)49-45)52-44-26-9-10-27-53(44)47/h1-31H. The van der Waals surface area contributed by atoms with Crippen LogP contribution in [0.2, 0.25) is 0 Å². The van der Waals surface area contributed by atoms with Crippen LogP contribution < -0.4 is 0 Å². The van der Waals surface area contributed by atoms with Crippen LogP contribution in [0.3, 0.4) is 0 Å². The minimum Gasteiger partial charge on any atom is -0.298 e. The summed E-state index contributed by atoms with van der Waals surface area (Å²) in [6.07, 6.45) is 2.06. The summed E-state index contributed by atoms with van der Waals surface area (Å²) in [5, 5.41) is 1.03. The summed E-state index contributed by atoms with van der Waals surface area (Å²) >= 11 is 0. The van der Waals surface area contributed by atoms with E-state index in [1.165, 1.54) is 0 Å². The Morgan fingerprint density at radius 2 is 0.887 bits per heavy atom. The van der Waals surface area contributed by atoms with E-state index in [9.17, 15) is 0 Å². The van der Waals surface area contributed by atoms with E-state index in [0.29, 0.717) is 5.82 Å². The molecule has 0 bridgehead atoms. The lowest BCUT2D eigenvalue weighted by Crippen LogP contribution is -1.97. The van der Waals surface area contributed by atoms with Crippen LogP contribution in [-0.2, 0) is 0 Å². The van der Waals surface area contributed by atoms with Crippen molar-refractivity contribution in [3.63, 3.8) is 0 Å². The number of fused-ring (bicyclic) bond motifs is 5. The zero-order valence-electron chi connectivity index (χ0n) is 28.6. The number of para-hydroxylation sites is 1. The van der Waals surface area contributed by atoms with Gasteiger partial charge in [-0.25, -0.2) is 19.9 Å². The lowest BCUT2D eigenvalue weighted by atomic mass is 9.99. The minimum absolute atomic E-state index is 0.643. The predicted octanol–water partition coefficient (Wildman–Crippen LogP) is 11.8. The van der Waals surface area contributed by atoms with E-state index in [2.05, 4.69) is 150 Å². The Bertz CT molecular complexity index is 2850. The largest absolute Gasteiger partial charge is 0.298 e. The van der Waals surface area contributed by atoms with E-state index in [-0.39, 0.29) is 0 Å². The number of hydrogen-bond acceptors (Lipinski definition) is 4. The molecule has 0 saturated heterocycles. The molecule has 0 aliphatic carbocycles. The Labute approximate surface area is 306 Å². The molecule has 4 aromatic heterocycles. The quantitative estimate of drug-likeness (QED) is 0.176. The number of pyridine rings is 2. The molecule has 0 radical (unpaired) electrons. The van der Waals surface area contributed by atoms with Gasteiger partial charge in [0.1, 0.15) is 11.2 Å². The van der Waals surface area contributed by atoms with Crippen molar-refractivity contribution >= 4 is 27.6 Å². The van der Waals surface area contributed by atoms with Crippen LogP contribution in [0, 0.1) is 0 Å². The van der Waals surface area contributed by atoms with Gasteiger partial charge in [-0.1, -0.05) is 140 Å². The van der Waals surface area contributed by atoms with Crippen LogP contribution in [0.1, 0.15) is 0 Å². The van der Waals surface area contributed by atoms with Crippen molar-refractivity contribution < 1.29 is 0 Å². The van der Waals surface area contributed by atoms with E-state index < -0.39 is 0 Å². The van der Waals surface area contributed by atoms with Crippen LogP contribution in [0.5, 0.6) is 0 Å². The van der Waals surface area contributed by atoms with Gasteiger partial charge >= 0.3 is 0 Å². The number of hydrogen-bond donors (Lipinski definition) is 0. The molecule has 4 heterocycles. The maximum atomic E-state index is 5.25. The number of aromatic nitrogens is 5. The van der Waals surface area contributed by atoms with Gasteiger partial charge < -0.3 is 0 Å². The van der Waals surface area contributed by atoms with Gasteiger partial charge in [0.2, 0.25) is 0 Å². The normalized spacial score (nSPS) is 11.4.